The maximum atomic E-state index is 12.5. The Kier molecular flexibility index (Phi) is 6.31. The van der Waals surface area contributed by atoms with Crippen LogP contribution in [0.2, 0.25) is 0 Å². The van der Waals surface area contributed by atoms with Crippen LogP contribution in [-0.4, -0.2) is 22.1 Å². The number of carbonyl (C=O) groups is 2. The summed E-state index contributed by atoms with van der Waals surface area (Å²) in [4.78, 5) is 24.5. The van der Waals surface area contributed by atoms with Gasteiger partial charge in [-0.05, 0) is 43.7 Å². The molecule has 0 spiro atoms. The Balaban J connectivity index is 1.40. The van der Waals surface area contributed by atoms with Crippen molar-refractivity contribution in [2.45, 2.75) is 33.2 Å². The lowest BCUT2D eigenvalue weighted by Crippen LogP contribution is -2.22. The van der Waals surface area contributed by atoms with E-state index in [4.69, 9.17) is 0 Å². The van der Waals surface area contributed by atoms with Crippen molar-refractivity contribution in [1.29, 1.82) is 0 Å². The van der Waals surface area contributed by atoms with Crippen LogP contribution in [-0.2, 0) is 22.6 Å². The Hall–Kier alpha value is -3.93. The first-order valence-electron chi connectivity index (χ1n) is 10.7. The van der Waals surface area contributed by atoms with E-state index in [0.717, 1.165) is 28.7 Å². The average Bonchev–Trinajstić information content (AvgIpc) is 3.11. The van der Waals surface area contributed by atoms with Crippen LogP contribution in [0.3, 0.4) is 0 Å². The van der Waals surface area contributed by atoms with Crippen LogP contribution in [0.4, 0.5) is 5.69 Å². The van der Waals surface area contributed by atoms with Crippen LogP contribution in [0.15, 0.2) is 77.9 Å². The Morgan fingerprint density at radius 2 is 1.59 bits per heavy atom. The van der Waals surface area contributed by atoms with Gasteiger partial charge in [0.25, 0.3) is 0 Å². The molecule has 0 bridgehead atoms. The zero-order chi connectivity index (χ0) is 22.5. The third-order valence-corrected chi connectivity index (χ3v) is 5.37. The van der Waals surface area contributed by atoms with Crippen molar-refractivity contribution in [2.24, 2.45) is 5.10 Å². The first kappa shape index (κ1) is 21.3. The Bertz CT molecular complexity index is 1310. The quantitative estimate of drug-likeness (QED) is 0.326. The van der Waals surface area contributed by atoms with Gasteiger partial charge in [0.15, 0.2) is 0 Å². The smallest absolute Gasteiger partial charge is 0.244 e. The molecule has 1 heterocycles. The van der Waals surface area contributed by atoms with Crippen LogP contribution in [0.1, 0.15) is 25.8 Å². The number of hydrogen-bond acceptors (Lipinski definition) is 3. The molecule has 4 aromatic rings. The molecule has 6 nitrogen and oxygen atoms in total. The predicted molar refractivity (Wildman–Crippen MR) is 130 cm³/mol. The average molecular weight is 427 g/mol. The van der Waals surface area contributed by atoms with Crippen molar-refractivity contribution in [1.82, 2.24) is 9.99 Å². The van der Waals surface area contributed by atoms with Gasteiger partial charge in [0.1, 0.15) is 0 Å². The molecule has 2 amide bonds. The van der Waals surface area contributed by atoms with Gasteiger partial charge in [-0.15, -0.1) is 0 Å². The number of aryl methyl sites for hydroxylation is 1. The molecule has 32 heavy (non-hydrogen) atoms. The van der Waals surface area contributed by atoms with Crippen LogP contribution in [0.5, 0.6) is 0 Å². The van der Waals surface area contributed by atoms with Crippen molar-refractivity contribution in [3.8, 4) is 0 Å². The summed E-state index contributed by atoms with van der Waals surface area (Å²) in [6.07, 6.45) is 0.343. The molecule has 0 radical (unpaired) electrons. The fourth-order valence-corrected chi connectivity index (χ4v) is 3.93. The molecule has 0 aliphatic carbocycles. The molecule has 0 fully saturated rings. The van der Waals surface area contributed by atoms with E-state index < -0.39 is 0 Å². The number of hydrazone groups is 1. The number of aromatic nitrogens is 1. The van der Waals surface area contributed by atoms with Crippen molar-refractivity contribution in [2.75, 3.05) is 5.32 Å². The largest absolute Gasteiger partial charge is 0.341 e. The number of fused-ring (bicyclic) bond motifs is 3. The molecular weight excluding hydrogens is 400 g/mol. The minimum absolute atomic E-state index is 0.0976. The van der Waals surface area contributed by atoms with Gasteiger partial charge in [0.05, 0.1) is 12.8 Å². The molecule has 6 heteroatoms. The molecule has 0 unspecified atom stereocenters. The lowest BCUT2D eigenvalue weighted by molar-refractivity contribution is -0.120. The van der Waals surface area contributed by atoms with Crippen molar-refractivity contribution < 1.29 is 9.59 Å². The summed E-state index contributed by atoms with van der Waals surface area (Å²) in [5.41, 5.74) is 7.03. The SMILES string of the molecule is CCn1c2ccccc2c2cc(NC(=O)CC(C)=NNC(=O)Cc3ccccc3)ccc21. The molecule has 1 aromatic heterocycles. The summed E-state index contributed by atoms with van der Waals surface area (Å²) in [6, 6.07) is 23.7. The summed E-state index contributed by atoms with van der Waals surface area (Å²) in [5, 5.41) is 9.28. The van der Waals surface area contributed by atoms with E-state index in [1.807, 2.05) is 60.7 Å². The number of para-hydroxylation sites is 1. The van der Waals surface area contributed by atoms with Gasteiger partial charge in [-0.25, -0.2) is 5.43 Å². The molecule has 2 N–H and O–H groups in total. The topological polar surface area (TPSA) is 75.5 Å². The Morgan fingerprint density at radius 3 is 2.38 bits per heavy atom. The van der Waals surface area contributed by atoms with Crippen LogP contribution >= 0.6 is 0 Å². The number of rotatable bonds is 7. The summed E-state index contributed by atoms with van der Waals surface area (Å²) in [5.74, 6) is -0.393. The summed E-state index contributed by atoms with van der Waals surface area (Å²) < 4.78 is 2.27. The van der Waals surface area contributed by atoms with Crippen LogP contribution in [0, 0.1) is 0 Å². The molecular formula is C26H26N4O2. The molecule has 162 valence electrons. The minimum Gasteiger partial charge on any atom is -0.341 e. The maximum absolute atomic E-state index is 12.5. The number of nitrogens with one attached hydrogen (secondary N) is 2. The fourth-order valence-electron chi connectivity index (χ4n) is 3.93. The Labute approximate surface area is 186 Å². The third-order valence-electron chi connectivity index (χ3n) is 5.37. The zero-order valence-electron chi connectivity index (χ0n) is 18.3. The van der Waals surface area contributed by atoms with Gasteiger partial charge in [-0.3, -0.25) is 9.59 Å². The molecule has 4 rings (SSSR count). The molecule has 0 saturated carbocycles. The molecule has 0 aliphatic rings. The second-order valence-corrected chi connectivity index (χ2v) is 7.76. The van der Waals surface area contributed by atoms with Gasteiger partial charge in [-0.1, -0.05) is 48.5 Å². The number of hydrogen-bond donors (Lipinski definition) is 2. The van der Waals surface area contributed by atoms with Gasteiger partial charge < -0.3 is 9.88 Å². The highest BCUT2D eigenvalue weighted by Crippen LogP contribution is 2.31. The standard InChI is InChI=1S/C26H26N4O2/c1-3-30-23-12-8-7-11-21(23)22-17-20(13-14-24(22)30)27-25(31)15-18(2)28-29-26(32)16-19-9-5-4-6-10-19/h4-14,17H,3,15-16H2,1-2H3,(H,27,31)(H,29,32). The first-order chi connectivity index (χ1) is 15.5. The molecule has 3 aromatic carbocycles. The molecule has 0 aliphatic heterocycles. The van der Waals surface area contributed by atoms with Gasteiger partial charge in [-0.2, -0.15) is 5.10 Å². The van der Waals surface area contributed by atoms with Crippen LogP contribution < -0.4 is 10.7 Å². The van der Waals surface area contributed by atoms with E-state index in [1.165, 1.54) is 10.9 Å². The highest BCUT2D eigenvalue weighted by molar-refractivity contribution is 6.11. The fraction of sp³-hybridized carbons (Fsp3) is 0.192. The molecule has 0 saturated heterocycles. The number of amides is 2. The first-order valence-corrected chi connectivity index (χ1v) is 10.7. The normalized spacial score (nSPS) is 11.6. The van der Waals surface area contributed by atoms with E-state index in [9.17, 15) is 9.59 Å². The number of benzene rings is 3. The monoisotopic (exact) mass is 426 g/mol. The van der Waals surface area contributed by atoms with Gasteiger partial charge >= 0.3 is 0 Å². The number of anilines is 1. The van der Waals surface area contributed by atoms with Crippen molar-refractivity contribution in [3.63, 3.8) is 0 Å². The van der Waals surface area contributed by atoms with Crippen LogP contribution in [0.25, 0.3) is 21.8 Å². The molecule has 0 atom stereocenters. The highest BCUT2D eigenvalue weighted by atomic mass is 16.2. The summed E-state index contributed by atoms with van der Waals surface area (Å²) in [7, 11) is 0. The van der Waals surface area contributed by atoms with E-state index in [2.05, 4.69) is 39.5 Å². The second-order valence-electron chi connectivity index (χ2n) is 7.76. The van der Waals surface area contributed by atoms with E-state index in [0.29, 0.717) is 5.71 Å². The highest BCUT2D eigenvalue weighted by Gasteiger charge is 2.11. The summed E-state index contributed by atoms with van der Waals surface area (Å²) >= 11 is 0. The predicted octanol–water partition coefficient (Wildman–Crippen LogP) is 4.88. The lowest BCUT2D eigenvalue weighted by atomic mass is 10.1. The van der Waals surface area contributed by atoms with E-state index in [1.54, 1.807) is 6.92 Å². The summed E-state index contributed by atoms with van der Waals surface area (Å²) in [6.45, 7) is 4.73. The van der Waals surface area contributed by atoms with Gasteiger partial charge in [0, 0.05) is 39.7 Å². The zero-order valence-corrected chi connectivity index (χ0v) is 18.3. The third kappa shape index (κ3) is 4.70. The minimum atomic E-state index is -0.214. The van der Waals surface area contributed by atoms with Crippen molar-refractivity contribution >= 4 is 45.0 Å². The lowest BCUT2D eigenvalue weighted by Gasteiger charge is -2.07. The van der Waals surface area contributed by atoms with Crippen molar-refractivity contribution in [3.05, 3.63) is 78.4 Å². The Morgan fingerprint density at radius 1 is 0.875 bits per heavy atom. The second kappa shape index (κ2) is 9.47. The maximum Gasteiger partial charge on any atom is 0.244 e. The van der Waals surface area contributed by atoms with E-state index in [-0.39, 0.29) is 24.7 Å². The van der Waals surface area contributed by atoms with E-state index >= 15 is 0 Å². The number of nitrogens with zero attached hydrogens (tertiary/aromatic N) is 2. The number of carbonyl (C=O) groups excluding carboxylic acids is 2. The van der Waals surface area contributed by atoms with Gasteiger partial charge in [0.2, 0.25) is 11.8 Å².